The summed E-state index contributed by atoms with van der Waals surface area (Å²) in [5, 5.41) is 0. The maximum absolute atomic E-state index is 11.0. The molecule has 0 aliphatic heterocycles. The van der Waals surface area contributed by atoms with E-state index in [4.69, 9.17) is 5.73 Å². The van der Waals surface area contributed by atoms with E-state index in [9.17, 15) is 4.79 Å². The van der Waals surface area contributed by atoms with Gasteiger partial charge in [0.05, 0.1) is 11.1 Å². The van der Waals surface area contributed by atoms with Gasteiger partial charge in [-0.1, -0.05) is 0 Å². The van der Waals surface area contributed by atoms with Gasteiger partial charge in [-0.15, -0.1) is 0 Å². The first-order valence-corrected chi connectivity index (χ1v) is 3.90. The maximum Gasteiger partial charge on any atom is 0.252 e. The zero-order valence-corrected chi connectivity index (χ0v) is 7.19. The Labute approximate surface area is 75.0 Å². The largest absolute Gasteiger partial charge is 0.365 e. The van der Waals surface area contributed by atoms with Crippen molar-refractivity contribution in [1.82, 2.24) is 9.55 Å². The molecule has 2 rings (SSSR count). The van der Waals surface area contributed by atoms with Crippen LogP contribution in [0, 0.1) is 0 Å². The van der Waals surface area contributed by atoms with Gasteiger partial charge < -0.3 is 10.3 Å². The number of nitrogens with zero attached hydrogens (tertiary/aromatic N) is 2. The fourth-order valence-corrected chi connectivity index (χ4v) is 1.39. The monoisotopic (exact) mass is 175 g/mol. The topological polar surface area (TPSA) is 60.9 Å². The van der Waals surface area contributed by atoms with Gasteiger partial charge in [0.2, 0.25) is 0 Å². The number of hydrogen-bond donors (Lipinski definition) is 1. The van der Waals surface area contributed by atoms with Crippen LogP contribution in [0.4, 0.5) is 0 Å². The Kier molecular flexibility index (Phi) is 1.55. The predicted octanol–water partition coefficient (Wildman–Crippen LogP) is 0.672. The van der Waals surface area contributed by atoms with Gasteiger partial charge in [-0.2, -0.15) is 0 Å². The Morgan fingerprint density at radius 2 is 2.38 bits per heavy atom. The van der Waals surface area contributed by atoms with E-state index in [0.717, 1.165) is 5.52 Å². The van der Waals surface area contributed by atoms with Crippen LogP contribution in [0.1, 0.15) is 10.4 Å². The molecule has 0 aliphatic rings. The molecule has 0 unspecified atom stereocenters. The van der Waals surface area contributed by atoms with Crippen LogP contribution < -0.4 is 5.73 Å². The Balaban J connectivity index is 2.85. The summed E-state index contributed by atoms with van der Waals surface area (Å²) in [6.07, 6.45) is 3.34. The number of aromatic nitrogens is 2. The highest BCUT2D eigenvalue weighted by Gasteiger charge is 2.10. The summed E-state index contributed by atoms with van der Waals surface area (Å²) in [4.78, 5) is 15.1. The zero-order chi connectivity index (χ0) is 9.42. The molecule has 0 saturated carbocycles. The van der Waals surface area contributed by atoms with Crippen molar-refractivity contribution in [3.8, 4) is 0 Å². The second kappa shape index (κ2) is 2.58. The van der Waals surface area contributed by atoms with Gasteiger partial charge in [0.25, 0.3) is 5.91 Å². The van der Waals surface area contributed by atoms with E-state index in [1.807, 2.05) is 23.7 Å². The van der Waals surface area contributed by atoms with Crippen molar-refractivity contribution in [3.63, 3.8) is 0 Å². The molecule has 0 aromatic carbocycles. The number of primary amides is 1. The number of amides is 1. The lowest BCUT2D eigenvalue weighted by Crippen LogP contribution is -2.10. The van der Waals surface area contributed by atoms with Gasteiger partial charge in [0, 0.05) is 19.4 Å². The van der Waals surface area contributed by atoms with Gasteiger partial charge in [0.1, 0.15) is 5.52 Å². The second-order valence-corrected chi connectivity index (χ2v) is 2.89. The first-order chi connectivity index (χ1) is 6.20. The molecule has 66 valence electrons. The summed E-state index contributed by atoms with van der Waals surface area (Å²) in [5.74, 6) is -0.440. The number of nitrogens with two attached hydrogens (primary N) is 1. The van der Waals surface area contributed by atoms with Crippen molar-refractivity contribution in [3.05, 3.63) is 30.1 Å². The quantitative estimate of drug-likeness (QED) is 0.692. The standard InChI is InChI=1S/C9H9N3O/c1-12-5-6(9(10)13)8-7(12)3-2-4-11-8/h2-5H,1H3,(H2,10,13). The van der Waals surface area contributed by atoms with Crippen LogP contribution >= 0.6 is 0 Å². The fraction of sp³-hybridized carbons (Fsp3) is 0.111. The lowest BCUT2D eigenvalue weighted by molar-refractivity contribution is 0.100. The number of fused-ring (bicyclic) bond motifs is 1. The number of pyridine rings is 1. The van der Waals surface area contributed by atoms with Crippen LogP contribution in [0.2, 0.25) is 0 Å². The van der Waals surface area contributed by atoms with Crippen molar-refractivity contribution in [2.24, 2.45) is 12.8 Å². The minimum atomic E-state index is -0.440. The van der Waals surface area contributed by atoms with E-state index in [2.05, 4.69) is 4.98 Å². The first-order valence-electron chi connectivity index (χ1n) is 3.90. The summed E-state index contributed by atoms with van der Waals surface area (Å²) in [5.41, 5.74) is 7.25. The van der Waals surface area contributed by atoms with E-state index in [1.54, 1.807) is 12.4 Å². The Bertz CT molecular complexity index is 473. The molecule has 13 heavy (non-hydrogen) atoms. The predicted molar refractivity (Wildman–Crippen MR) is 49.2 cm³/mol. The summed E-state index contributed by atoms with van der Waals surface area (Å²) >= 11 is 0. The Morgan fingerprint density at radius 1 is 1.62 bits per heavy atom. The average molecular weight is 175 g/mol. The molecule has 0 radical (unpaired) electrons. The highest BCUT2D eigenvalue weighted by atomic mass is 16.1. The van der Waals surface area contributed by atoms with E-state index in [-0.39, 0.29) is 0 Å². The summed E-state index contributed by atoms with van der Waals surface area (Å²) in [6, 6.07) is 3.72. The molecule has 4 nitrogen and oxygen atoms in total. The van der Waals surface area contributed by atoms with Crippen LogP contribution in [-0.2, 0) is 7.05 Å². The molecule has 0 fully saturated rings. The van der Waals surface area contributed by atoms with Crippen molar-refractivity contribution >= 4 is 16.9 Å². The normalized spacial score (nSPS) is 10.5. The lowest BCUT2D eigenvalue weighted by Gasteiger charge is -1.92. The summed E-state index contributed by atoms with van der Waals surface area (Å²) < 4.78 is 1.84. The molecule has 0 bridgehead atoms. The Hall–Kier alpha value is -1.84. The first kappa shape index (κ1) is 7.79. The molecule has 0 saturated heterocycles. The molecule has 0 aliphatic carbocycles. The molecule has 2 aromatic heterocycles. The third kappa shape index (κ3) is 1.07. The van der Waals surface area contributed by atoms with Gasteiger partial charge in [-0.25, -0.2) is 0 Å². The summed E-state index contributed by atoms with van der Waals surface area (Å²) in [6.45, 7) is 0. The van der Waals surface area contributed by atoms with E-state index in [1.165, 1.54) is 0 Å². The third-order valence-electron chi connectivity index (χ3n) is 2.01. The number of hydrogen-bond acceptors (Lipinski definition) is 2. The van der Waals surface area contributed by atoms with Crippen molar-refractivity contribution in [2.45, 2.75) is 0 Å². The molecule has 0 atom stereocenters. The van der Waals surface area contributed by atoms with Crippen LogP contribution in [-0.4, -0.2) is 15.5 Å². The molecule has 2 heterocycles. The molecule has 2 aromatic rings. The Morgan fingerprint density at radius 3 is 3.08 bits per heavy atom. The van der Waals surface area contributed by atoms with Crippen molar-refractivity contribution < 1.29 is 4.79 Å². The average Bonchev–Trinajstić information content (AvgIpc) is 2.45. The van der Waals surface area contributed by atoms with Crippen LogP contribution in [0.3, 0.4) is 0 Å². The van der Waals surface area contributed by atoms with E-state index < -0.39 is 5.91 Å². The summed E-state index contributed by atoms with van der Waals surface area (Å²) in [7, 11) is 1.86. The smallest absolute Gasteiger partial charge is 0.252 e. The number of carbonyl (C=O) groups is 1. The van der Waals surface area contributed by atoms with Crippen LogP contribution in [0.15, 0.2) is 24.5 Å². The highest BCUT2D eigenvalue weighted by Crippen LogP contribution is 2.16. The number of carbonyl (C=O) groups excluding carboxylic acids is 1. The minimum absolute atomic E-state index is 0.440. The van der Waals surface area contributed by atoms with Gasteiger partial charge in [-0.05, 0) is 12.1 Å². The van der Waals surface area contributed by atoms with Crippen molar-refractivity contribution in [2.75, 3.05) is 0 Å². The van der Waals surface area contributed by atoms with E-state index >= 15 is 0 Å². The third-order valence-corrected chi connectivity index (χ3v) is 2.01. The molecule has 4 heteroatoms. The fourth-order valence-electron chi connectivity index (χ4n) is 1.39. The van der Waals surface area contributed by atoms with Crippen LogP contribution in [0.25, 0.3) is 11.0 Å². The van der Waals surface area contributed by atoms with Crippen LogP contribution in [0.5, 0.6) is 0 Å². The maximum atomic E-state index is 11.0. The van der Waals surface area contributed by atoms with Crippen molar-refractivity contribution in [1.29, 1.82) is 0 Å². The second-order valence-electron chi connectivity index (χ2n) is 2.89. The highest BCUT2D eigenvalue weighted by molar-refractivity contribution is 6.04. The number of rotatable bonds is 1. The molecule has 1 amide bonds. The van der Waals surface area contributed by atoms with Gasteiger partial charge >= 0.3 is 0 Å². The lowest BCUT2D eigenvalue weighted by atomic mass is 10.2. The SMILES string of the molecule is Cn1cc(C(N)=O)c2ncccc21. The zero-order valence-electron chi connectivity index (χ0n) is 7.19. The minimum Gasteiger partial charge on any atom is -0.365 e. The van der Waals surface area contributed by atoms with E-state index in [0.29, 0.717) is 11.1 Å². The molecule has 0 spiro atoms. The molecule has 2 N–H and O–H groups in total. The van der Waals surface area contributed by atoms with Gasteiger partial charge in [-0.3, -0.25) is 9.78 Å². The molecular formula is C9H9N3O. The number of aryl methyl sites for hydroxylation is 1. The molecular weight excluding hydrogens is 166 g/mol. The van der Waals surface area contributed by atoms with Gasteiger partial charge in [0.15, 0.2) is 0 Å².